The Balaban J connectivity index is 1.64. The average molecular weight is 380 g/mol. The smallest absolute Gasteiger partial charge is 0.338 e. The molecule has 1 amide bonds. The Labute approximate surface area is 163 Å². The second-order valence-electron chi connectivity index (χ2n) is 7.36. The fraction of sp³-hybridized carbons (Fsp3) is 0.318. The number of carbonyl (C=O) groups excluding carboxylic acids is 2. The van der Waals surface area contributed by atoms with Crippen LogP contribution in [0.15, 0.2) is 40.9 Å². The first-order chi connectivity index (χ1) is 13.3. The minimum atomic E-state index is -0.369. The van der Waals surface area contributed by atoms with E-state index in [9.17, 15) is 9.59 Å². The first-order valence-corrected chi connectivity index (χ1v) is 9.26. The standard InChI is InChI=1S/C22H24N2O4/c1-13(2)12-27-22(26)16-5-7-17(8-6-16)23-21(25)11-19-18-9-14(3)15(4)10-20(18)28-24-19/h5-10,13H,11-12H2,1-4H3,(H,23,25). The number of hydrogen-bond donors (Lipinski definition) is 1. The van der Waals surface area contributed by atoms with E-state index in [2.05, 4.69) is 10.5 Å². The van der Waals surface area contributed by atoms with Gasteiger partial charge in [0.2, 0.25) is 5.91 Å². The number of aromatic nitrogens is 1. The quantitative estimate of drug-likeness (QED) is 0.640. The van der Waals surface area contributed by atoms with Gasteiger partial charge in [0.25, 0.3) is 0 Å². The van der Waals surface area contributed by atoms with Crippen LogP contribution in [-0.2, 0) is 16.0 Å². The number of anilines is 1. The van der Waals surface area contributed by atoms with E-state index in [1.807, 2.05) is 39.8 Å². The molecule has 0 radical (unpaired) electrons. The highest BCUT2D eigenvalue weighted by atomic mass is 16.5. The van der Waals surface area contributed by atoms with Crippen molar-refractivity contribution in [3.63, 3.8) is 0 Å². The molecule has 146 valence electrons. The van der Waals surface area contributed by atoms with Crippen molar-refractivity contribution in [2.24, 2.45) is 5.92 Å². The second kappa shape index (κ2) is 8.25. The summed E-state index contributed by atoms with van der Waals surface area (Å²) in [5.41, 5.74) is 4.57. The van der Waals surface area contributed by atoms with E-state index < -0.39 is 0 Å². The molecule has 1 N–H and O–H groups in total. The third-order valence-electron chi connectivity index (χ3n) is 4.44. The number of aryl methyl sites for hydroxylation is 2. The highest BCUT2D eigenvalue weighted by molar-refractivity contribution is 5.95. The van der Waals surface area contributed by atoms with E-state index in [1.54, 1.807) is 24.3 Å². The van der Waals surface area contributed by atoms with Crippen molar-refractivity contribution in [1.29, 1.82) is 0 Å². The Morgan fingerprint density at radius 3 is 2.46 bits per heavy atom. The largest absolute Gasteiger partial charge is 0.462 e. The van der Waals surface area contributed by atoms with E-state index in [-0.39, 0.29) is 24.2 Å². The van der Waals surface area contributed by atoms with E-state index in [4.69, 9.17) is 9.26 Å². The topological polar surface area (TPSA) is 81.4 Å². The molecule has 0 aliphatic rings. The van der Waals surface area contributed by atoms with Crippen LogP contribution in [0.2, 0.25) is 0 Å². The summed E-state index contributed by atoms with van der Waals surface area (Å²) in [5, 5.41) is 7.70. The van der Waals surface area contributed by atoms with Crippen LogP contribution in [0.3, 0.4) is 0 Å². The first-order valence-electron chi connectivity index (χ1n) is 9.26. The van der Waals surface area contributed by atoms with Gasteiger partial charge in [-0.15, -0.1) is 0 Å². The molecule has 0 saturated heterocycles. The fourth-order valence-electron chi connectivity index (χ4n) is 2.74. The number of nitrogens with one attached hydrogen (secondary N) is 1. The normalized spacial score (nSPS) is 11.0. The maximum Gasteiger partial charge on any atom is 0.338 e. The molecule has 0 aliphatic heterocycles. The molecule has 0 fully saturated rings. The Hall–Kier alpha value is -3.15. The molecule has 2 aromatic carbocycles. The van der Waals surface area contributed by atoms with Crippen LogP contribution >= 0.6 is 0 Å². The number of benzene rings is 2. The molecule has 1 aromatic heterocycles. The molecule has 6 heteroatoms. The molecular weight excluding hydrogens is 356 g/mol. The third-order valence-corrected chi connectivity index (χ3v) is 4.44. The third kappa shape index (κ3) is 4.57. The molecule has 3 aromatic rings. The molecule has 0 spiro atoms. The summed E-state index contributed by atoms with van der Waals surface area (Å²) in [7, 11) is 0. The van der Waals surface area contributed by atoms with Crippen molar-refractivity contribution in [2.45, 2.75) is 34.1 Å². The highest BCUT2D eigenvalue weighted by Crippen LogP contribution is 2.23. The average Bonchev–Trinajstić information content (AvgIpc) is 3.02. The molecule has 0 saturated carbocycles. The number of amides is 1. The summed E-state index contributed by atoms with van der Waals surface area (Å²) in [5.74, 6) is -0.294. The van der Waals surface area contributed by atoms with Gasteiger partial charge in [0.15, 0.2) is 5.58 Å². The van der Waals surface area contributed by atoms with Crippen molar-refractivity contribution in [1.82, 2.24) is 5.16 Å². The number of esters is 1. The van der Waals surface area contributed by atoms with Gasteiger partial charge in [0.1, 0.15) is 5.69 Å². The Bertz CT molecular complexity index is 1000. The first kappa shape index (κ1) is 19.6. The molecule has 0 atom stereocenters. The summed E-state index contributed by atoms with van der Waals surface area (Å²) in [6.07, 6.45) is 0.105. The van der Waals surface area contributed by atoms with Gasteiger partial charge in [-0.3, -0.25) is 4.79 Å². The summed E-state index contributed by atoms with van der Waals surface area (Å²) >= 11 is 0. The summed E-state index contributed by atoms with van der Waals surface area (Å²) in [4.78, 5) is 24.3. The predicted molar refractivity (Wildman–Crippen MR) is 107 cm³/mol. The van der Waals surface area contributed by atoms with Crippen LogP contribution in [0.5, 0.6) is 0 Å². The lowest BCUT2D eigenvalue weighted by Crippen LogP contribution is -2.15. The van der Waals surface area contributed by atoms with Crippen molar-refractivity contribution < 1.29 is 18.8 Å². The van der Waals surface area contributed by atoms with Crippen molar-refractivity contribution in [3.8, 4) is 0 Å². The van der Waals surface area contributed by atoms with E-state index in [0.717, 1.165) is 16.5 Å². The molecule has 1 heterocycles. The molecular formula is C22H24N2O4. The molecule has 0 bridgehead atoms. The minimum absolute atomic E-state index is 0.105. The summed E-state index contributed by atoms with van der Waals surface area (Å²) in [6, 6.07) is 10.5. The maximum absolute atomic E-state index is 12.4. The zero-order valence-electron chi connectivity index (χ0n) is 16.5. The summed E-state index contributed by atoms with van der Waals surface area (Å²) in [6.45, 7) is 8.35. The van der Waals surface area contributed by atoms with Gasteiger partial charge in [0, 0.05) is 11.1 Å². The van der Waals surface area contributed by atoms with Gasteiger partial charge < -0.3 is 14.6 Å². The number of rotatable bonds is 6. The monoisotopic (exact) mass is 380 g/mol. The van der Waals surface area contributed by atoms with Crippen molar-refractivity contribution in [3.05, 3.63) is 58.8 Å². The lowest BCUT2D eigenvalue weighted by Gasteiger charge is -2.08. The van der Waals surface area contributed by atoms with E-state index >= 15 is 0 Å². The number of nitrogens with zero attached hydrogens (tertiary/aromatic N) is 1. The number of hydrogen-bond acceptors (Lipinski definition) is 5. The van der Waals surface area contributed by atoms with Crippen LogP contribution in [0.25, 0.3) is 11.0 Å². The molecule has 28 heavy (non-hydrogen) atoms. The molecule has 0 unspecified atom stereocenters. The second-order valence-corrected chi connectivity index (χ2v) is 7.36. The zero-order chi connectivity index (χ0) is 20.3. The van der Waals surface area contributed by atoms with Crippen LogP contribution in [0.1, 0.15) is 41.0 Å². The lowest BCUT2D eigenvalue weighted by atomic mass is 10.1. The predicted octanol–water partition coefficient (Wildman–Crippen LogP) is 4.44. The Morgan fingerprint density at radius 1 is 1.11 bits per heavy atom. The van der Waals surface area contributed by atoms with Gasteiger partial charge in [0.05, 0.1) is 18.6 Å². The van der Waals surface area contributed by atoms with Gasteiger partial charge >= 0.3 is 5.97 Å². The maximum atomic E-state index is 12.4. The van der Waals surface area contributed by atoms with Gasteiger partial charge in [-0.05, 0) is 67.3 Å². The lowest BCUT2D eigenvalue weighted by molar-refractivity contribution is -0.115. The Kier molecular flexibility index (Phi) is 5.78. The van der Waals surface area contributed by atoms with Gasteiger partial charge in [-0.2, -0.15) is 0 Å². The van der Waals surface area contributed by atoms with E-state index in [0.29, 0.717) is 29.1 Å². The molecule has 6 nitrogen and oxygen atoms in total. The zero-order valence-corrected chi connectivity index (χ0v) is 16.5. The van der Waals surface area contributed by atoms with E-state index in [1.165, 1.54) is 0 Å². The fourth-order valence-corrected chi connectivity index (χ4v) is 2.74. The van der Waals surface area contributed by atoms with Crippen molar-refractivity contribution in [2.75, 3.05) is 11.9 Å². The van der Waals surface area contributed by atoms with Crippen molar-refractivity contribution >= 4 is 28.5 Å². The number of carbonyl (C=O) groups is 2. The SMILES string of the molecule is Cc1cc2onc(CC(=O)Nc3ccc(C(=O)OCC(C)C)cc3)c2cc1C. The van der Waals surface area contributed by atoms with Crippen LogP contribution in [-0.4, -0.2) is 23.6 Å². The van der Waals surface area contributed by atoms with Gasteiger partial charge in [-0.1, -0.05) is 19.0 Å². The summed E-state index contributed by atoms with van der Waals surface area (Å²) < 4.78 is 10.5. The molecule has 3 rings (SSSR count). The number of fused-ring (bicyclic) bond motifs is 1. The highest BCUT2D eigenvalue weighted by Gasteiger charge is 2.14. The van der Waals surface area contributed by atoms with Crippen LogP contribution in [0.4, 0.5) is 5.69 Å². The Morgan fingerprint density at radius 2 is 1.79 bits per heavy atom. The van der Waals surface area contributed by atoms with Crippen LogP contribution < -0.4 is 5.32 Å². The molecule has 0 aliphatic carbocycles. The van der Waals surface area contributed by atoms with Gasteiger partial charge in [-0.25, -0.2) is 4.79 Å². The van der Waals surface area contributed by atoms with Crippen LogP contribution in [0, 0.1) is 19.8 Å². The number of ether oxygens (including phenoxy) is 1. The minimum Gasteiger partial charge on any atom is -0.462 e.